The van der Waals surface area contributed by atoms with Crippen LogP contribution < -0.4 is 10.1 Å². The molecule has 1 saturated heterocycles. The topological polar surface area (TPSA) is 58.6 Å². The van der Waals surface area contributed by atoms with E-state index in [1.165, 1.54) is 17.0 Å². The first kappa shape index (κ1) is 18.9. The average molecular weight is 392 g/mol. The highest BCUT2D eigenvalue weighted by molar-refractivity contribution is 6.09. The fourth-order valence-corrected chi connectivity index (χ4v) is 3.69. The maximum atomic E-state index is 13.1. The van der Waals surface area contributed by atoms with Crippen molar-refractivity contribution in [3.8, 4) is 5.75 Å². The number of benzene rings is 3. The molecule has 1 fully saturated rings. The zero-order valence-electron chi connectivity index (χ0n) is 16.0. The number of ether oxygens (including phenoxy) is 1. The van der Waals surface area contributed by atoms with E-state index in [1.807, 2.05) is 42.5 Å². The zero-order chi connectivity index (χ0) is 20.4. The van der Waals surface area contributed by atoms with E-state index in [1.54, 1.807) is 19.1 Å². The van der Waals surface area contributed by atoms with Gasteiger partial charge in [-0.2, -0.15) is 0 Å². The highest BCUT2D eigenvalue weighted by Crippen LogP contribution is 2.33. The Morgan fingerprint density at radius 1 is 1.00 bits per heavy atom. The Kier molecular flexibility index (Phi) is 4.92. The largest absolute Gasteiger partial charge is 0.494 e. The minimum Gasteiger partial charge on any atom is -0.494 e. The molecule has 3 aromatic carbocycles. The van der Waals surface area contributed by atoms with E-state index in [2.05, 4.69) is 5.32 Å². The molecule has 0 bridgehead atoms. The van der Waals surface area contributed by atoms with Crippen LogP contribution in [0.1, 0.15) is 18.9 Å². The van der Waals surface area contributed by atoms with Gasteiger partial charge in [0.25, 0.3) is 5.91 Å². The Bertz CT molecular complexity index is 1060. The molecule has 6 heteroatoms. The third-order valence-electron chi connectivity index (χ3n) is 5.21. The first-order valence-electron chi connectivity index (χ1n) is 9.50. The van der Waals surface area contributed by atoms with Gasteiger partial charge in [0.05, 0.1) is 6.61 Å². The molecular formula is C23H21FN2O3. The number of hydrogen-bond acceptors (Lipinski definition) is 3. The SMILES string of the molecule is CC1(c2cccc3ccccc23)NC(=O)N(CCCOc2ccc(F)cc2)C1=O. The number of carbonyl (C=O) groups excluding carboxylic acids is 2. The molecule has 29 heavy (non-hydrogen) atoms. The van der Waals surface area contributed by atoms with Gasteiger partial charge in [0.2, 0.25) is 0 Å². The normalized spacial score (nSPS) is 18.9. The minimum atomic E-state index is -1.12. The van der Waals surface area contributed by atoms with Crippen molar-refractivity contribution in [1.29, 1.82) is 0 Å². The molecule has 1 heterocycles. The Balaban J connectivity index is 1.46. The molecule has 0 spiro atoms. The lowest BCUT2D eigenvalue weighted by Crippen LogP contribution is -2.41. The monoisotopic (exact) mass is 392 g/mol. The molecule has 3 amide bonds. The molecule has 0 aromatic heterocycles. The maximum Gasteiger partial charge on any atom is 0.325 e. The van der Waals surface area contributed by atoms with E-state index in [4.69, 9.17) is 4.74 Å². The van der Waals surface area contributed by atoms with Crippen molar-refractivity contribution in [2.24, 2.45) is 0 Å². The molecule has 1 aliphatic rings. The summed E-state index contributed by atoms with van der Waals surface area (Å²) in [5, 5.41) is 4.81. The quantitative estimate of drug-likeness (QED) is 0.505. The van der Waals surface area contributed by atoms with Gasteiger partial charge in [-0.05, 0) is 53.9 Å². The first-order valence-corrected chi connectivity index (χ1v) is 9.50. The van der Waals surface area contributed by atoms with E-state index in [0.29, 0.717) is 18.8 Å². The number of carbonyl (C=O) groups is 2. The first-order chi connectivity index (χ1) is 14.0. The van der Waals surface area contributed by atoms with E-state index in [0.717, 1.165) is 16.3 Å². The van der Waals surface area contributed by atoms with Crippen LogP contribution >= 0.6 is 0 Å². The summed E-state index contributed by atoms with van der Waals surface area (Å²) >= 11 is 0. The smallest absolute Gasteiger partial charge is 0.325 e. The summed E-state index contributed by atoms with van der Waals surface area (Å²) in [5.74, 6) is -0.0609. The number of halogens is 1. The Hall–Kier alpha value is -3.41. The van der Waals surface area contributed by atoms with E-state index < -0.39 is 11.6 Å². The second kappa shape index (κ2) is 7.54. The van der Waals surface area contributed by atoms with Gasteiger partial charge in [-0.3, -0.25) is 9.69 Å². The Morgan fingerprint density at radius 3 is 2.52 bits per heavy atom. The van der Waals surface area contributed by atoms with Crippen LogP contribution in [0.4, 0.5) is 9.18 Å². The maximum absolute atomic E-state index is 13.1. The third kappa shape index (κ3) is 3.53. The number of nitrogens with zero attached hydrogens (tertiary/aromatic N) is 1. The molecule has 148 valence electrons. The Morgan fingerprint density at radius 2 is 1.72 bits per heavy atom. The van der Waals surface area contributed by atoms with E-state index >= 15 is 0 Å². The summed E-state index contributed by atoms with van der Waals surface area (Å²) in [7, 11) is 0. The highest BCUT2D eigenvalue weighted by atomic mass is 19.1. The molecule has 4 rings (SSSR count). The Labute approximate surface area is 168 Å². The highest BCUT2D eigenvalue weighted by Gasteiger charge is 2.49. The van der Waals surface area contributed by atoms with Gasteiger partial charge in [0, 0.05) is 6.54 Å². The molecule has 0 radical (unpaired) electrons. The van der Waals surface area contributed by atoms with E-state index in [-0.39, 0.29) is 18.3 Å². The summed E-state index contributed by atoms with van der Waals surface area (Å²) in [6.07, 6.45) is 0.474. The molecule has 0 saturated carbocycles. The molecule has 1 atom stereocenters. The van der Waals surface area contributed by atoms with Crippen LogP contribution in [0.2, 0.25) is 0 Å². The molecule has 5 nitrogen and oxygen atoms in total. The van der Waals surface area contributed by atoms with Gasteiger partial charge in [0.1, 0.15) is 17.1 Å². The summed E-state index contributed by atoms with van der Waals surface area (Å²) < 4.78 is 18.5. The summed E-state index contributed by atoms with van der Waals surface area (Å²) in [6.45, 7) is 2.30. The average Bonchev–Trinajstić information content (AvgIpc) is 2.95. The van der Waals surface area contributed by atoms with Crippen molar-refractivity contribution in [1.82, 2.24) is 10.2 Å². The van der Waals surface area contributed by atoms with Gasteiger partial charge < -0.3 is 10.1 Å². The molecule has 1 unspecified atom stereocenters. The van der Waals surface area contributed by atoms with E-state index in [9.17, 15) is 14.0 Å². The standard InChI is InChI=1S/C23H21FN2O3/c1-23(20-9-4-7-16-6-2-3-8-19(16)20)21(27)26(22(28)25-23)14-5-15-29-18-12-10-17(24)11-13-18/h2-4,6-13H,5,14-15H2,1H3,(H,25,28). The minimum absolute atomic E-state index is 0.242. The third-order valence-corrected chi connectivity index (χ3v) is 5.21. The van der Waals surface area contributed by atoms with Gasteiger partial charge >= 0.3 is 6.03 Å². The van der Waals surface area contributed by atoms with Crippen molar-refractivity contribution in [2.45, 2.75) is 18.9 Å². The number of fused-ring (bicyclic) bond motifs is 1. The van der Waals surface area contributed by atoms with Crippen LogP contribution in [0.5, 0.6) is 5.75 Å². The molecule has 3 aromatic rings. The van der Waals surface area contributed by atoms with Crippen LogP contribution in [-0.4, -0.2) is 30.0 Å². The second-order valence-corrected chi connectivity index (χ2v) is 7.19. The van der Waals surface area contributed by atoms with Crippen molar-refractivity contribution in [2.75, 3.05) is 13.2 Å². The fourth-order valence-electron chi connectivity index (χ4n) is 3.69. The number of urea groups is 1. The number of hydrogen-bond donors (Lipinski definition) is 1. The fraction of sp³-hybridized carbons (Fsp3) is 0.217. The van der Waals surface area contributed by atoms with Crippen molar-refractivity contribution in [3.63, 3.8) is 0 Å². The van der Waals surface area contributed by atoms with Crippen LogP contribution in [0.15, 0.2) is 66.7 Å². The van der Waals surface area contributed by atoms with Crippen LogP contribution in [0, 0.1) is 5.82 Å². The number of imide groups is 1. The summed E-state index contributed by atoms with van der Waals surface area (Å²) in [5.41, 5.74) is -0.338. The van der Waals surface area contributed by atoms with Crippen LogP contribution in [0.3, 0.4) is 0 Å². The molecule has 0 aliphatic carbocycles. The van der Waals surface area contributed by atoms with Crippen molar-refractivity contribution < 1.29 is 18.7 Å². The van der Waals surface area contributed by atoms with Crippen molar-refractivity contribution >= 4 is 22.7 Å². The lowest BCUT2D eigenvalue weighted by atomic mass is 9.88. The second-order valence-electron chi connectivity index (χ2n) is 7.19. The molecular weight excluding hydrogens is 371 g/mol. The zero-order valence-corrected chi connectivity index (χ0v) is 16.0. The lowest BCUT2D eigenvalue weighted by molar-refractivity contribution is -0.131. The predicted molar refractivity (Wildman–Crippen MR) is 108 cm³/mol. The predicted octanol–water partition coefficient (Wildman–Crippen LogP) is 4.22. The van der Waals surface area contributed by atoms with Crippen LogP contribution in [0.25, 0.3) is 10.8 Å². The number of amides is 3. The summed E-state index contributed by atoms with van der Waals surface area (Å²) in [6, 6.07) is 18.9. The molecule has 1 aliphatic heterocycles. The number of nitrogens with one attached hydrogen (secondary N) is 1. The van der Waals surface area contributed by atoms with Gasteiger partial charge in [-0.15, -0.1) is 0 Å². The van der Waals surface area contributed by atoms with Gasteiger partial charge in [0.15, 0.2) is 0 Å². The lowest BCUT2D eigenvalue weighted by Gasteiger charge is -2.24. The van der Waals surface area contributed by atoms with Gasteiger partial charge in [-0.1, -0.05) is 42.5 Å². The van der Waals surface area contributed by atoms with Gasteiger partial charge in [-0.25, -0.2) is 9.18 Å². The number of rotatable bonds is 6. The molecule has 1 N–H and O–H groups in total. The van der Waals surface area contributed by atoms with Crippen molar-refractivity contribution in [3.05, 3.63) is 78.1 Å². The summed E-state index contributed by atoms with van der Waals surface area (Å²) in [4.78, 5) is 26.9. The van der Waals surface area contributed by atoms with Crippen LogP contribution in [-0.2, 0) is 10.3 Å².